The summed E-state index contributed by atoms with van der Waals surface area (Å²) in [4.78, 5) is 12.4. The van der Waals surface area contributed by atoms with Gasteiger partial charge in [-0.25, -0.2) is 4.79 Å². The van der Waals surface area contributed by atoms with Crippen molar-refractivity contribution in [3.63, 3.8) is 0 Å². The number of anilines is 1. The Balaban J connectivity index is 2.44. The molecule has 0 saturated carbocycles. The van der Waals surface area contributed by atoms with Gasteiger partial charge in [0, 0.05) is 17.8 Å². The molecule has 1 aliphatic rings. The minimum absolute atomic E-state index is 0.283. The lowest BCUT2D eigenvalue weighted by Crippen LogP contribution is -2.29. The van der Waals surface area contributed by atoms with Crippen LogP contribution in [-0.4, -0.2) is 39.9 Å². The maximum absolute atomic E-state index is 12.4. The molecular formula is C24H31NO5. The molecule has 0 aromatic heterocycles. The number of hydrogen-bond donors (Lipinski definition) is 1. The number of nitrogens with one attached hydrogen (secondary N) is 1. The van der Waals surface area contributed by atoms with E-state index in [1.54, 1.807) is 40.4 Å². The average molecular weight is 414 g/mol. The quantitative estimate of drug-likeness (QED) is 0.462. The van der Waals surface area contributed by atoms with E-state index in [2.05, 4.69) is 37.9 Å². The summed E-state index contributed by atoms with van der Waals surface area (Å²) in [6.07, 6.45) is 6.97. The van der Waals surface area contributed by atoms with Crippen molar-refractivity contribution in [1.82, 2.24) is 0 Å². The molecule has 0 amide bonds. The Hall–Kier alpha value is -3.15. The molecular weight excluding hydrogens is 382 g/mol. The van der Waals surface area contributed by atoms with Crippen LogP contribution in [-0.2, 0) is 9.53 Å². The zero-order chi connectivity index (χ0) is 22.3. The van der Waals surface area contributed by atoms with Crippen molar-refractivity contribution in [3.8, 4) is 17.2 Å². The van der Waals surface area contributed by atoms with Crippen LogP contribution in [0.5, 0.6) is 17.2 Å². The lowest BCUT2D eigenvalue weighted by molar-refractivity contribution is -0.138. The molecule has 0 spiro atoms. The van der Waals surface area contributed by atoms with E-state index in [0.29, 0.717) is 28.5 Å². The first kappa shape index (κ1) is 23.1. The fraction of sp³-hybridized carbons (Fsp3) is 0.375. The number of rotatable bonds is 9. The molecule has 1 atom stereocenters. The van der Waals surface area contributed by atoms with Crippen LogP contribution >= 0.6 is 0 Å². The molecule has 0 fully saturated rings. The smallest absolute Gasteiger partial charge is 0.335 e. The Bertz CT molecular complexity index is 866. The number of esters is 1. The Morgan fingerprint density at radius 3 is 2.17 bits per heavy atom. The summed E-state index contributed by atoms with van der Waals surface area (Å²) in [5.74, 6) is 1.08. The maximum Gasteiger partial charge on any atom is 0.335 e. The van der Waals surface area contributed by atoms with Gasteiger partial charge >= 0.3 is 5.97 Å². The number of carbonyl (C=O) groups excluding carboxylic acids is 1. The van der Waals surface area contributed by atoms with E-state index in [9.17, 15) is 4.79 Å². The molecule has 30 heavy (non-hydrogen) atoms. The summed E-state index contributed by atoms with van der Waals surface area (Å²) in [6, 6.07) is 3.12. The van der Waals surface area contributed by atoms with E-state index in [1.807, 2.05) is 6.08 Å². The van der Waals surface area contributed by atoms with Gasteiger partial charge in [0.2, 0.25) is 5.75 Å². The second-order valence-electron chi connectivity index (χ2n) is 7.00. The van der Waals surface area contributed by atoms with Crippen molar-refractivity contribution in [3.05, 3.63) is 59.2 Å². The average Bonchev–Trinajstić information content (AvgIpc) is 2.76. The van der Waals surface area contributed by atoms with Gasteiger partial charge in [-0.1, -0.05) is 30.4 Å². The molecule has 6 nitrogen and oxygen atoms in total. The van der Waals surface area contributed by atoms with E-state index >= 15 is 0 Å². The number of benzene rings is 1. The summed E-state index contributed by atoms with van der Waals surface area (Å²) < 4.78 is 21.5. The second-order valence-corrected chi connectivity index (χ2v) is 7.00. The van der Waals surface area contributed by atoms with Crippen molar-refractivity contribution in [2.45, 2.75) is 33.2 Å². The van der Waals surface area contributed by atoms with Crippen molar-refractivity contribution < 1.29 is 23.7 Å². The van der Waals surface area contributed by atoms with Gasteiger partial charge in [-0.15, -0.1) is 0 Å². The normalized spacial score (nSPS) is 13.8. The summed E-state index contributed by atoms with van der Waals surface area (Å²) in [5.41, 5.74) is 4.48. The van der Waals surface area contributed by atoms with Crippen LogP contribution in [0.25, 0.3) is 0 Å². The largest absolute Gasteiger partial charge is 0.493 e. The van der Waals surface area contributed by atoms with Gasteiger partial charge in [0.1, 0.15) is 0 Å². The Morgan fingerprint density at radius 1 is 1.10 bits per heavy atom. The summed E-state index contributed by atoms with van der Waals surface area (Å²) in [7, 11) is 4.67. The third kappa shape index (κ3) is 5.26. The number of allylic oxidation sites excluding steroid dienone is 4. The summed E-state index contributed by atoms with van der Waals surface area (Å²) in [5, 5.41) is 3.38. The molecule has 1 aliphatic carbocycles. The van der Waals surface area contributed by atoms with Crippen LogP contribution in [0.3, 0.4) is 0 Å². The zero-order valence-corrected chi connectivity index (χ0v) is 18.6. The third-order valence-electron chi connectivity index (χ3n) is 4.87. The van der Waals surface area contributed by atoms with Crippen molar-refractivity contribution in [2.24, 2.45) is 0 Å². The van der Waals surface area contributed by atoms with Gasteiger partial charge in [0.15, 0.2) is 11.5 Å². The topological polar surface area (TPSA) is 66.0 Å². The molecule has 1 N–H and O–H groups in total. The molecule has 0 bridgehead atoms. The first-order valence-electron chi connectivity index (χ1n) is 9.83. The summed E-state index contributed by atoms with van der Waals surface area (Å²) in [6.45, 7) is 10.2. The first-order valence-corrected chi connectivity index (χ1v) is 9.83. The molecule has 1 aromatic carbocycles. The van der Waals surface area contributed by atoms with Gasteiger partial charge in [-0.05, 0) is 38.3 Å². The van der Waals surface area contributed by atoms with Crippen molar-refractivity contribution in [1.29, 1.82) is 0 Å². The Kier molecular flexibility index (Phi) is 8.16. The molecule has 0 saturated heterocycles. The monoisotopic (exact) mass is 413 g/mol. The molecule has 6 heteroatoms. The summed E-state index contributed by atoms with van der Waals surface area (Å²) >= 11 is 0. The lowest BCUT2D eigenvalue weighted by atomic mass is 9.91. The lowest BCUT2D eigenvalue weighted by Gasteiger charge is -2.25. The molecule has 0 radical (unpaired) electrons. The minimum atomic E-state index is -0.471. The fourth-order valence-electron chi connectivity index (χ4n) is 3.19. The van der Waals surface area contributed by atoms with Gasteiger partial charge in [-0.2, -0.15) is 0 Å². The predicted molar refractivity (Wildman–Crippen MR) is 119 cm³/mol. The van der Waals surface area contributed by atoms with Crippen LogP contribution in [0.4, 0.5) is 5.69 Å². The van der Waals surface area contributed by atoms with Crippen molar-refractivity contribution in [2.75, 3.05) is 33.3 Å². The standard InChI is InChI=1S/C24H31NO5/c1-8-30-24(26)16(4)22(18-11-9-17(10-12-18)15(2)3)25-19-13-20(27-5)23(29-7)21(14-19)28-6/h9,11-14,22,25H,4,8,10H2,1-3,5-7H3/t22-/m1/s1. The number of carbonyl (C=O) groups is 1. The van der Waals surface area contributed by atoms with E-state index in [-0.39, 0.29) is 6.61 Å². The van der Waals surface area contributed by atoms with Crippen LogP contribution in [0.15, 0.2) is 59.2 Å². The van der Waals surface area contributed by atoms with Gasteiger partial charge in [0.05, 0.1) is 39.6 Å². The minimum Gasteiger partial charge on any atom is -0.493 e. The molecule has 2 rings (SSSR count). The highest BCUT2D eigenvalue weighted by Gasteiger charge is 2.25. The van der Waals surface area contributed by atoms with Crippen LogP contribution in [0.1, 0.15) is 27.2 Å². The highest BCUT2D eigenvalue weighted by molar-refractivity contribution is 5.91. The zero-order valence-electron chi connectivity index (χ0n) is 18.6. The van der Waals surface area contributed by atoms with Gasteiger partial charge in [-0.3, -0.25) is 0 Å². The molecule has 0 heterocycles. The van der Waals surface area contributed by atoms with Crippen LogP contribution in [0, 0.1) is 0 Å². The number of methoxy groups -OCH3 is 3. The highest BCUT2D eigenvalue weighted by Crippen LogP contribution is 2.40. The SMILES string of the molecule is C=C(C(=O)OCC)[C@@H](Nc1cc(OC)c(OC)c(OC)c1)C1=CCC(=C(C)C)C=C1. The molecule has 162 valence electrons. The first-order chi connectivity index (χ1) is 14.4. The van der Waals surface area contributed by atoms with Gasteiger partial charge < -0.3 is 24.3 Å². The Labute approximate surface area is 178 Å². The van der Waals surface area contributed by atoms with Crippen LogP contribution < -0.4 is 19.5 Å². The van der Waals surface area contributed by atoms with E-state index in [1.165, 1.54) is 11.1 Å². The fourth-order valence-corrected chi connectivity index (χ4v) is 3.19. The predicted octanol–water partition coefficient (Wildman–Crippen LogP) is 4.83. The maximum atomic E-state index is 12.4. The number of ether oxygens (including phenoxy) is 4. The third-order valence-corrected chi connectivity index (χ3v) is 4.87. The van der Waals surface area contributed by atoms with Crippen molar-refractivity contribution >= 4 is 11.7 Å². The Morgan fingerprint density at radius 2 is 1.73 bits per heavy atom. The number of hydrogen-bond acceptors (Lipinski definition) is 6. The van der Waals surface area contributed by atoms with E-state index in [0.717, 1.165) is 12.0 Å². The van der Waals surface area contributed by atoms with Gasteiger partial charge in [0.25, 0.3) is 0 Å². The molecule has 1 aromatic rings. The van der Waals surface area contributed by atoms with Crippen LogP contribution in [0.2, 0.25) is 0 Å². The molecule has 0 unspecified atom stereocenters. The van der Waals surface area contributed by atoms with E-state index < -0.39 is 12.0 Å². The second kappa shape index (κ2) is 10.6. The van der Waals surface area contributed by atoms with E-state index in [4.69, 9.17) is 18.9 Å². The highest BCUT2D eigenvalue weighted by atomic mass is 16.5. The molecule has 0 aliphatic heterocycles.